The first-order valence-electron chi connectivity index (χ1n) is 8.18. The van der Waals surface area contributed by atoms with Crippen molar-refractivity contribution in [2.75, 3.05) is 5.32 Å². The quantitative estimate of drug-likeness (QED) is 0.501. The molecule has 0 saturated carbocycles. The van der Waals surface area contributed by atoms with Gasteiger partial charge in [-0.15, -0.1) is 10.2 Å². The maximum absolute atomic E-state index is 13.9. The first kappa shape index (κ1) is 17.2. The first-order chi connectivity index (χ1) is 13.1. The molecule has 4 rings (SSSR count). The third-order valence-electron chi connectivity index (χ3n) is 3.93. The average Bonchev–Trinajstić information content (AvgIpc) is 3.12. The number of nitrogens with zero attached hydrogens (tertiary/aromatic N) is 3. The van der Waals surface area contributed by atoms with Gasteiger partial charge in [-0.05, 0) is 37.3 Å². The minimum absolute atomic E-state index is 0.183. The van der Waals surface area contributed by atoms with E-state index in [0.29, 0.717) is 11.4 Å². The Hall–Kier alpha value is -3.19. The smallest absolute Gasteiger partial charge is 0.166 e. The van der Waals surface area contributed by atoms with Gasteiger partial charge in [0.05, 0.1) is 0 Å². The fraction of sp³-hybridized carbons (Fsp3) is 0.0500. The lowest BCUT2D eigenvalue weighted by Crippen LogP contribution is -1.95. The molecule has 134 valence electrons. The SMILES string of the molecule is Cc1nnc(-c2cccc(Nc3ccc(-c4cccc(F)c4F)cn3)c2)s1. The second-order valence-corrected chi connectivity index (χ2v) is 7.05. The van der Waals surface area contributed by atoms with Gasteiger partial charge in [-0.2, -0.15) is 0 Å². The van der Waals surface area contributed by atoms with Gasteiger partial charge in [0.1, 0.15) is 15.8 Å². The topological polar surface area (TPSA) is 50.7 Å². The molecule has 7 heteroatoms. The van der Waals surface area contributed by atoms with Crippen LogP contribution in [0.4, 0.5) is 20.3 Å². The fourth-order valence-electron chi connectivity index (χ4n) is 2.64. The highest BCUT2D eigenvalue weighted by molar-refractivity contribution is 7.14. The monoisotopic (exact) mass is 380 g/mol. The summed E-state index contributed by atoms with van der Waals surface area (Å²) in [5.41, 5.74) is 2.50. The summed E-state index contributed by atoms with van der Waals surface area (Å²) < 4.78 is 27.3. The Bertz CT molecular complexity index is 1090. The largest absolute Gasteiger partial charge is 0.340 e. The van der Waals surface area contributed by atoms with Crippen LogP contribution in [0.2, 0.25) is 0 Å². The zero-order chi connectivity index (χ0) is 18.8. The highest BCUT2D eigenvalue weighted by Crippen LogP contribution is 2.28. The van der Waals surface area contributed by atoms with Crippen molar-refractivity contribution in [1.82, 2.24) is 15.2 Å². The molecule has 0 bridgehead atoms. The number of halogens is 2. The predicted molar refractivity (Wildman–Crippen MR) is 103 cm³/mol. The summed E-state index contributed by atoms with van der Waals surface area (Å²) in [4.78, 5) is 4.30. The number of rotatable bonds is 4. The van der Waals surface area contributed by atoms with Crippen LogP contribution in [0.25, 0.3) is 21.7 Å². The molecule has 27 heavy (non-hydrogen) atoms. The number of hydrogen-bond acceptors (Lipinski definition) is 5. The van der Waals surface area contributed by atoms with Crippen LogP contribution in [0.15, 0.2) is 60.8 Å². The lowest BCUT2D eigenvalue weighted by atomic mass is 10.1. The number of anilines is 2. The van der Waals surface area contributed by atoms with E-state index in [1.807, 2.05) is 31.2 Å². The molecular weight excluding hydrogens is 366 g/mol. The molecule has 0 unspecified atom stereocenters. The Morgan fingerprint density at radius 2 is 1.78 bits per heavy atom. The number of pyridine rings is 1. The number of hydrogen-bond donors (Lipinski definition) is 1. The van der Waals surface area contributed by atoms with Gasteiger partial charge in [0, 0.05) is 28.6 Å². The lowest BCUT2D eigenvalue weighted by molar-refractivity contribution is 0.511. The van der Waals surface area contributed by atoms with Crippen molar-refractivity contribution in [2.24, 2.45) is 0 Å². The molecule has 0 radical (unpaired) electrons. The lowest BCUT2D eigenvalue weighted by Gasteiger charge is -2.08. The molecule has 0 saturated heterocycles. The van der Waals surface area contributed by atoms with Gasteiger partial charge in [0.2, 0.25) is 0 Å². The maximum Gasteiger partial charge on any atom is 0.166 e. The van der Waals surface area contributed by atoms with E-state index < -0.39 is 11.6 Å². The van der Waals surface area contributed by atoms with E-state index in [9.17, 15) is 8.78 Å². The molecule has 2 aromatic heterocycles. The van der Waals surface area contributed by atoms with Crippen LogP contribution in [0.3, 0.4) is 0 Å². The van der Waals surface area contributed by atoms with Crippen LogP contribution >= 0.6 is 11.3 Å². The van der Waals surface area contributed by atoms with E-state index in [1.54, 1.807) is 12.1 Å². The second-order valence-electron chi connectivity index (χ2n) is 5.87. The van der Waals surface area contributed by atoms with Crippen LogP contribution < -0.4 is 5.32 Å². The Balaban J connectivity index is 1.56. The predicted octanol–water partition coefficient (Wildman–Crippen LogP) is 5.60. The third-order valence-corrected chi connectivity index (χ3v) is 4.82. The Labute approximate surface area is 158 Å². The minimum Gasteiger partial charge on any atom is -0.340 e. The molecule has 0 fully saturated rings. The molecule has 0 aliphatic heterocycles. The Morgan fingerprint density at radius 1 is 0.926 bits per heavy atom. The molecule has 0 aliphatic rings. The molecule has 1 N–H and O–H groups in total. The van der Waals surface area contributed by atoms with Gasteiger partial charge < -0.3 is 5.32 Å². The van der Waals surface area contributed by atoms with E-state index in [2.05, 4.69) is 20.5 Å². The standard InChI is InChI=1S/C20H14F2N4S/c1-12-25-26-20(27-12)13-4-2-5-15(10-13)24-18-9-8-14(11-23-18)16-6-3-7-17(21)19(16)22/h2-11H,1H3,(H,23,24). The number of aryl methyl sites for hydroxylation is 1. The normalized spacial score (nSPS) is 10.8. The summed E-state index contributed by atoms with van der Waals surface area (Å²) in [5.74, 6) is -1.15. The maximum atomic E-state index is 13.9. The van der Waals surface area contributed by atoms with Crippen molar-refractivity contribution >= 4 is 22.8 Å². The van der Waals surface area contributed by atoms with E-state index in [0.717, 1.165) is 27.3 Å². The van der Waals surface area contributed by atoms with E-state index in [-0.39, 0.29) is 5.56 Å². The average molecular weight is 380 g/mol. The summed E-state index contributed by atoms with van der Waals surface area (Å²) in [6.07, 6.45) is 1.51. The molecular formula is C20H14F2N4S. The zero-order valence-electron chi connectivity index (χ0n) is 14.3. The molecule has 2 heterocycles. The highest BCUT2D eigenvalue weighted by atomic mass is 32.1. The molecule has 0 atom stereocenters. The minimum atomic E-state index is -0.876. The van der Waals surface area contributed by atoms with Crippen molar-refractivity contribution in [2.45, 2.75) is 6.92 Å². The van der Waals surface area contributed by atoms with Crippen LogP contribution in [-0.2, 0) is 0 Å². The Morgan fingerprint density at radius 3 is 2.52 bits per heavy atom. The van der Waals surface area contributed by atoms with Crippen LogP contribution in [0.5, 0.6) is 0 Å². The molecule has 4 aromatic rings. The van der Waals surface area contributed by atoms with E-state index >= 15 is 0 Å². The molecule has 4 nitrogen and oxygen atoms in total. The van der Waals surface area contributed by atoms with E-state index in [1.165, 1.54) is 29.7 Å². The number of benzene rings is 2. The fourth-order valence-corrected chi connectivity index (χ4v) is 3.33. The van der Waals surface area contributed by atoms with Gasteiger partial charge in [0.25, 0.3) is 0 Å². The van der Waals surface area contributed by atoms with Crippen molar-refractivity contribution in [3.05, 3.63) is 77.4 Å². The van der Waals surface area contributed by atoms with Crippen LogP contribution in [-0.4, -0.2) is 15.2 Å². The van der Waals surface area contributed by atoms with Gasteiger partial charge in [-0.1, -0.05) is 35.6 Å². The first-order valence-corrected chi connectivity index (χ1v) is 9.00. The summed E-state index contributed by atoms with van der Waals surface area (Å²) >= 11 is 1.53. The third kappa shape index (κ3) is 3.68. The van der Waals surface area contributed by atoms with Gasteiger partial charge in [0.15, 0.2) is 11.6 Å². The second kappa shape index (κ2) is 7.20. The summed E-state index contributed by atoms with van der Waals surface area (Å²) in [7, 11) is 0. The van der Waals surface area contributed by atoms with Crippen molar-refractivity contribution in [3.63, 3.8) is 0 Å². The molecule has 0 amide bonds. The molecule has 0 aliphatic carbocycles. The van der Waals surface area contributed by atoms with E-state index in [4.69, 9.17) is 0 Å². The van der Waals surface area contributed by atoms with Crippen LogP contribution in [0, 0.1) is 18.6 Å². The van der Waals surface area contributed by atoms with Crippen molar-refractivity contribution in [3.8, 4) is 21.7 Å². The number of nitrogens with one attached hydrogen (secondary N) is 1. The summed E-state index contributed by atoms with van der Waals surface area (Å²) in [6.45, 7) is 1.91. The summed E-state index contributed by atoms with van der Waals surface area (Å²) in [5, 5.41) is 13.1. The van der Waals surface area contributed by atoms with Crippen molar-refractivity contribution < 1.29 is 8.78 Å². The van der Waals surface area contributed by atoms with Crippen molar-refractivity contribution in [1.29, 1.82) is 0 Å². The number of aromatic nitrogens is 3. The molecule has 0 spiro atoms. The van der Waals surface area contributed by atoms with Crippen LogP contribution in [0.1, 0.15) is 5.01 Å². The van der Waals surface area contributed by atoms with Gasteiger partial charge in [-0.3, -0.25) is 0 Å². The van der Waals surface area contributed by atoms with Gasteiger partial charge in [-0.25, -0.2) is 13.8 Å². The molecule has 2 aromatic carbocycles. The highest BCUT2D eigenvalue weighted by Gasteiger charge is 2.10. The zero-order valence-corrected chi connectivity index (χ0v) is 15.1. The Kier molecular flexibility index (Phi) is 4.60. The van der Waals surface area contributed by atoms with Gasteiger partial charge >= 0.3 is 0 Å². The summed E-state index contributed by atoms with van der Waals surface area (Å²) in [6, 6.07) is 15.3.